The summed E-state index contributed by atoms with van der Waals surface area (Å²) in [6.45, 7) is 18.0. The fourth-order valence-corrected chi connectivity index (χ4v) is 11.2. The van der Waals surface area contributed by atoms with Crippen molar-refractivity contribution >= 4 is 17.8 Å². The highest BCUT2D eigenvalue weighted by atomic mass is 16.5. The molecule has 0 aromatic rings. The van der Waals surface area contributed by atoms with Gasteiger partial charge in [-0.05, 0) is 102 Å². The first-order valence-corrected chi connectivity index (χ1v) is 14.7. The van der Waals surface area contributed by atoms with Crippen LogP contribution in [0.2, 0.25) is 0 Å². The third-order valence-corrected chi connectivity index (χ3v) is 12.9. The predicted molar refractivity (Wildman–Crippen MR) is 143 cm³/mol. The summed E-state index contributed by atoms with van der Waals surface area (Å²) in [4.78, 5) is 41.3. The first-order valence-electron chi connectivity index (χ1n) is 14.7. The zero-order valence-corrected chi connectivity index (χ0v) is 24.3. The molecule has 5 nitrogen and oxygen atoms in total. The van der Waals surface area contributed by atoms with Gasteiger partial charge in [-0.2, -0.15) is 4.99 Å². The maximum Gasteiger partial charge on any atom is 0.302 e. The minimum absolute atomic E-state index is 0.0147. The van der Waals surface area contributed by atoms with Crippen LogP contribution in [0.15, 0.2) is 16.1 Å². The number of nitrogens with zero attached hydrogens (tertiary/aromatic N) is 1. The van der Waals surface area contributed by atoms with Crippen molar-refractivity contribution in [3.8, 4) is 0 Å². The molecule has 0 amide bonds. The fourth-order valence-electron chi connectivity index (χ4n) is 11.2. The molecule has 5 rings (SSSR count). The Kier molecular flexibility index (Phi) is 6.08. The number of allylic oxidation sites excluding steroid dienone is 1. The summed E-state index contributed by atoms with van der Waals surface area (Å²) in [5.74, 6) is 1.55. The summed E-state index contributed by atoms with van der Waals surface area (Å²) < 4.78 is 5.87. The van der Waals surface area contributed by atoms with Gasteiger partial charge in [0, 0.05) is 18.8 Å². The summed E-state index contributed by atoms with van der Waals surface area (Å²) in [5.41, 5.74) is 1.85. The Hall–Kier alpha value is -1.74. The van der Waals surface area contributed by atoms with E-state index >= 15 is 0 Å². The summed E-state index contributed by atoms with van der Waals surface area (Å²) in [6.07, 6.45) is 10.5. The molecule has 204 valence electrons. The largest absolute Gasteiger partial charge is 0.462 e. The molecule has 5 heteroatoms. The Labute approximate surface area is 223 Å². The molecule has 37 heavy (non-hydrogen) atoms. The average molecular weight is 510 g/mol. The SMILES string of the molecule is CC(=O)O[C@@H]1CC[C@]2(C)[C@H]3CC[C@H]4C5=C(C(C)C)C(=O)C[C@]5(N=C=O)CC[C@@]4(C)[C@]3(C)CC[C@H]2C1(C)C. The van der Waals surface area contributed by atoms with Gasteiger partial charge in [0.1, 0.15) is 11.6 Å². The lowest BCUT2D eigenvalue weighted by atomic mass is 9.33. The van der Waals surface area contributed by atoms with Gasteiger partial charge >= 0.3 is 5.97 Å². The molecule has 0 bridgehead atoms. The van der Waals surface area contributed by atoms with E-state index in [4.69, 9.17) is 4.74 Å². The lowest BCUT2D eigenvalue weighted by molar-refractivity contribution is -0.231. The van der Waals surface area contributed by atoms with Gasteiger partial charge in [-0.3, -0.25) is 9.59 Å². The van der Waals surface area contributed by atoms with Gasteiger partial charge in [0.15, 0.2) is 5.78 Å². The second-order valence-corrected chi connectivity index (χ2v) is 14.9. The Balaban J connectivity index is 1.57. The second kappa shape index (κ2) is 8.38. The smallest absolute Gasteiger partial charge is 0.302 e. The first kappa shape index (κ1) is 26.9. The Morgan fingerprint density at radius 3 is 2.27 bits per heavy atom. The Morgan fingerprint density at radius 2 is 1.65 bits per heavy atom. The third-order valence-electron chi connectivity index (χ3n) is 12.9. The van der Waals surface area contributed by atoms with Gasteiger partial charge in [-0.15, -0.1) is 0 Å². The van der Waals surface area contributed by atoms with E-state index in [1.165, 1.54) is 12.5 Å². The second-order valence-electron chi connectivity index (χ2n) is 14.9. The molecule has 0 N–H and O–H groups in total. The van der Waals surface area contributed by atoms with Gasteiger partial charge in [0.05, 0.1) is 0 Å². The molecular weight excluding hydrogens is 462 g/mol. The van der Waals surface area contributed by atoms with E-state index in [1.807, 2.05) is 6.08 Å². The third kappa shape index (κ3) is 3.41. The van der Waals surface area contributed by atoms with Gasteiger partial charge in [-0.25, -0.2) is 4.79 Å². The number of ether oxygens (including phenoxy) is 1. The monoisotopic (exact) mass is 509 g/mol. The number of hydrogen-bond donors (Lipinski definition) is 0. The number of carbonyl (C=O) groups excluding carboxylic acids is 3. The quantitative estimate of drug-likeness (QED) is 0.233. The average Bonchev–Trinajstić information content (AvgIpc) is 3.08. The van der Waals surface area contributed by atoms with Crippen molar-refractivity contribution in [1.82, 2.24) is 0 Å². The highest BCUT2D eigenvalue weighted by Crippen LogP contribution is 2.76. The first-order chi connectivity index (χ1) is 17.2. The number of esters is 1. The summed E-state index contributed by atoms with van der Waals surface area (Å²) >= 11 is 0. The van der Waals surface area contributed by atoms with Crippen LogP contribution in [0.1, 0.15) is 113 Å². The fraction of sp³-hybridized carbons (Fsp3) is 0.844. The molecule has 5 aliphatic carbocycles. The van der Waals surface area contributed by atoms with Crippen LogP contribution in [0.25, 0.3) is 0 Å². The molecule has 8 atom stereocenters. The minimum atomic E-state index is -0.656. The van der Waals surface area contributed by atoms with Crippen molar-refractivity contribution in [2.24, 2.45) is 50.3 Å². The molecule has 0 unspecified atom stereocenters. The normalized spacial score (nSPS) is 46.4. The number of hydrogen-bond acceptors (Lipinski definition) is 5. The maximum atomic E-state index is 13.3. The van der Waals surface area contributed by atoms with Gasteiger partial charge in [0.25, 0.3) is 0 Å². The van der Waals surface area contributed by atoms with Crippen molar-refractivity contribution < 1.29 is 19.1 Å². The molecule has 0 radical (unpaired) electrons. The van der Waals surface area contributed by atoms with Crippen LogP contribution in [0.4, 0.5) is 0 Å². The van der Waals surface area contributed by atoms with Crippen molar-refractivity contribution in [2.45, 2.75) is 125 Å². The molecule has 0 spiro atoms. The van der Waals surface area contributed by atoms with E-state index in [9.17, 15) is 14.4 Å². The summed E-state index contributed by atoms with van der Waals surface area (Å²) in [7, 11) is 0. The van der Waals surface area contributed by atoms with Crippen molar-refractivity contribution in [1.29, 1.82) is 0 Å². The molecule has 0 aromatic carbocycles. The molecule has 5 aliphatic rings. The lowest BCUT2D eigenvalue weighted by Crippen LogP contribution is -2.66. The van der Waals surface area contributed by atoms with Gasteiger partial charge in [0.2, 0.25) is 6.08 Å². The van der Waals surface area contributed by atoms with Crippen molar-refractivity contribution in [3.05, 3.63) is 11.1 Å². The predicted octanol–water partition coefficient (Wildman–Crippen LogP) is 6.99. The standard InChI is InChI=1S/C32H47NO4/c1-19(2)26-22(36)17-32(33-18-34)16-15-30(7)21(27(26)32)9-10-24-29(6)13-12-25(37-20(3)35)28(4,5)23(29)11-14-31(24,30)8/h19,21,23-25H,9-17H2,1-8H3/t21-,23-,24+,25+,29-,30+,31+,32+/m0/s1. The van der Waals surface area contributed by atoms with Crippen LogP contribution >= 0.6 is 0 Å². The van der Waals surface area contributed by atoms with Crippen LogP contribution in [0, 0.1) is 45.3 Å². The topological polar surface area (TPSA) is 72.8 Å². The molecule has 4 saturated carbocycles. The highest BCUT2D eigenvalue weighted by Gasteiger charge is 2.70. The number of carbonyl (C=O) groups is 2. The summed E-state index contributed by atoms with van der Waals surface area (Å²) in [5, 5.41) is 0. The van der Waals surface area contributed by atoms with E-state index < -0.39 is 5.54 Å². The number of ketones is 1. The minimum Gasteiger partial charge on any atom is -0.462 e. The number of Topliss-reactive ketones (excluding diaryl/α,β-unsaturated/α-hetero) is 1. The van der Waals surface area contributed by atoms with E-state index in [2.05, 4.69) is 53.5 Å². The van der Waals surface area contributed by atoms with E-state index in [-0.39, 0.29) is 51.4 Å². The van der Waals surface area contributed by atoms with Gasteiger partial charge < -0.3 is 4.74 Å². The molecule has 4 fully saturated rings. The number of isocyanates is 1. The molecule has 0 heterocycles. The zero-order chi connectivity index (χ0) is 27.2. The van der Waals surface area contributed by atoms with Crippen molar-refractivity contribution in [2.75, 3.05) is 0 Å². The number of fused-ring (bicyclic) bond motifs is 7. The van der Waals surface area contributed by atoms with Crippen LogP contribution in [-0.4, -0.2) is 29.5 Å². The van der Waals surface area contributed by atoms with Crippen LogP contribution in [0.3, 0.4) is 0 Å². The van der Waals surface area contributed by atoms with Gasteiger partial charge in [-0.1, -0.05) is 48.5 Å². The van der Waals surface area contributed by atoms with E-state index in [0.717, 1.165) is 56.9 Å². The Bertz CT molecular complexity index is 1100. The summed E-state index contributed by atoms with van der Waals surface area (Å²) in [6, 6.07) is 0. The highest BCUT2D eigenvalue weighted by molar-refractivity contribution is 6.01. The van der Waals surface area contributed by atoms with E-state index in [0.29, 0.717) is 18.3 Å². The molecule has 0 aliphatic heterocycles. The van der Waals surface area contributed by atoms with Crippen LogP contribution in [0.5, 0.6) is 0 Å². The van der Waals surface area contributed by atoms with E-state index in [1.54, 1.807) is 0 Å². The number of aliphatic imine (C=N–C) groups is 1. The van der Waals surface area contributed by atoms with Crippen LogP contribution < -0.4 is 0 Å². The Morgan fingerprint density at radius 1 is 0.946 bits per heavy atom. The molecular formula is C32H47NO4. The van der Waals surface area contributed by atoms with Crippen molar-refractivity contribution in [3.63, 3.8) is 0 Å². The maximum absolute atomic E-state index is 13.3. The number of rotatable bonds is 3. The molecule has 0 saturated heterocycles. The lowest BCUT2D eigenvalue weighted by Gasteiger charge is -2.71. The zero-order valence-electron chi connectivity index (χ0n) is 24.3. The van der Waals surface area contributed by atoms with Crippen LogP contribution in [-0.2, 0) is 19.1 Å². The molecule has 0 aromatic heterocycles.